The second-order valence-corrected chi connectivity index (χ2v) is 7.02. The van der Waals surface area contributed by atoms with Crippen LogP contribution in [0.1, 0.15) is 46.6 Å². The van der Waals surface area contributed by atoms with Gasteiger partial charge in [-0.1, -0.05) is 45.4 Å². The number of amides is 1. The van der Waals surface area contributed by atoms with Crippen LogP contribution in [-0.4, -0.2) is 35.1 Å². The number of rotatable bonds is 5. The van der Waals surface area contributed by atoms with Crippen molar-refractivity contribution in [3.05, 3.63) is 28.8 Å². The number of hydrazone groups is 1. The minimum atomic E-state index is -1.08. The number of hydrogen-bond donors (Lipinski definition) is 1. The SMILES string of the molecule is CCC(C)(N(/N=C/c1ccc(Cl)c(OC)c1)C(=O)O)C(C)(C)C. The predicted octanol–water partition coefficient (Wildman–Crippen LogP) is 4.88. The van der Waals surface area contributed by atoms with Crippen molar-refractivity contribution in [2.24, 2.45) is 10.5 Å². The molecule has 1 aromatic carbocycles. The highest BCUT2D eigenvalue weighted by molar-refractivity contribution is 6.32. The fourth-order valence-electron chi connectivity index (χ4n) is 2.27. The largest absolute Gasteiger partial charge is 0.495 e. The van der Waals surface area contributed by atoms with Crippen LogP contribution in [0.4, 0.5) is 4.79 Å². The van der Waals surface area contributed by atoms with Crippen LogP contribution in [0, 0.1) is 5.41 Å². The molecule has 0 fully saturated rings. The maximum atomic E-state index is 11.7. The molecule has 5 nitrogen and oxygen atoms in total. The minimum absolute atomic E-state index is 0.269. The third-order valence-corrected chi connectivity index (χ3v) is 4.76. The van der Waals surface area contributed by atoms with Gasteiger partial charge in [0, 0.05) is 0 Å². The van der Waals surface area contributed by atoms with E-state index in [-0.39, 0.29) is 5.41 Å². The Morgan fingerprint density at radius 2 is 2.00 bits per heavy atom. The summed E-state index contributed by atoms with van der Waals surface area (Å²) in [5.74, 6) is 0.520. The molecule has 0 aliphatic rings. The summed E-state index contributed by atoms with van der Waals surface area (Å²) in [6.45, 7) is 9.89. The Kier molecular flexibility index (Phi) is 6.05. The lowest BCUT2D eigenvalue weighted by Crippen LogP contribution is -2.54. The third kappa shape index (κ3) is 4.16. The molecule has 1 unspecified atom stereocenters. The standard InChI is InChI=1S/C17H25ClN2O3/c1-7-17(5,16(2,3)4)20(15(21)22)19-11-12-8-9-13(18)14(10-12)23-6/h8-11H,7H2,1-6H3,(H,21,22)/b19-11+. The van der Waals surface area contributed by atoms with Crippen molar-refractivity contribution in [1.82, 2.24) is 5.01 Å². The highest BCUT2D eigenvalue weighted by atomic mass is 35.5. The summed E-state index contributed by atoms with van der Waals surface area (Å²) in [5.41, 5.74) is -0.189. The van der Waals surface area contributed by atoms with Crippen LogP contribution in [0.15, 0.2) is 23.3 Å². The number of carboxylic acid groups (broad SMARTS) is 1. The summed E-state index contributed by atoms with van der Waals surface area (Å²) in [7, 11) is 1.53. The molecule has 0 saturated heterocycles. The number of benzene rings is 1. The van der Waals surface area contributed by atoms with E-state index in [4.69, 9.17) is 16.3 Å². The van der Waals surface area contributed by atoms with Crippen LogP contribution in [0.25, 0.3) is 0 Å². The lowest BCUT2D eigenvalue weighted by Gasteiger charge is -2.45. The molecule has 0 aromatic heterocycles. The van der Waals surface area contributed by atoms with Gasteiger partial charge in [-0.15, -0.1) is 0 Å². The van der Waals surface area contributed by atoms with Gasteiger partial charge in [0.2, 0.25) is 0 Å². The summed E-state index contributed by atoms with van der Waals surface area (Å²) in [4.78, 5) is 11.7. The Morgan fingerprint density at radius 1 is 1.39 bits per heavy atom. The van der Waals surface area contributed by atoms with E-state index >= 15 is 0 Å². The van der Waals surface area contributed by atoms with Crippen molar-refractivity contribution < 1.29 is 14.6 Å². The van der Waals surface area contributed by atoms with Crippen LogP contribution in [0.2, 0.25) is 5.02 Å². The zero-order valence-electron chi connectivity index (χ0n) is 14.6. The van der Waals surface area contributed by atoms with E-state index in [1.165, 1.54) is 13.3 Å². The second-order valence-electron chi connectivity index (χ2n) is 6.61. The van der Waals surface area contributed by atoms with Crippen LogP contribution in [-0.2, 0) is 0 Å². The summed E-state index contributed by atoms with van der Waals surface area (Å²) >= 11 is 5.99. The summed E-state index contributed by atoms with van der Waals surface area (Å²) < 4.78 is 5.16. The first-order valence-electron chi connectivity index (χ1n) is 7.47. The van der Waals surface area contributed by atoms with Gasteiger partial charge in [0.25, 0.3) is 0 Å². The van der Waals surface area contributed by atoms with Crippen LogP contribution in [0.5, 0.6) is 5.75 Å². The predicted molar refractivity (Wildman–Crippen MR) is 93.6 cm³/mol. The highest BCUT2D eigenvalue weighted by Gasteiger charge is 2.44. The molecule has 0 bridgehead atoms. The topological polar surface area (TPSA) is 62.1 Å². The van der Waals surface area contributed by atoms with Gasteiger partial charge >= 0.3 is 6.09 Å². The number of methoxy groups -OCH3 is 1. The molecule has 1 amide bonds. The normalized spacial score (nSPS) is 14.6. The first-order chi connectivity index (χ1) is 10.6. The number of ether oxygens (including phenoxy) is 1. The fourth-order valence-corrected chi connectivity index (χ4v) is 2.46. The summed E-state index contributed by atoms with van der Waals surface area (Å²) in [6, 6.07) is 5.16. The third-order valence-electron chi connectivity index (χ3n) is 4.45. The van der Waals surface area contributed by atoms with Crippen molar-refractivity contribution >= 4 is 23.9 Å². The van der Waals surface area contributed by atoms with E-state index in [1.807, 2.05) is 34.6 Å². The van der Waals surface area contributed by atoms with Crippen molar-refractivity contribution in [2.45, 2.75) is 46.6 Å². The molecule has 0 aliphatic heterocycles. The molecule has 1 N–H and O–H groups in total. The highest BCUT2D eigenvalue weighted by Crippen LogP contribution is 2.38. The zero-order chi connectivity index (χ0) is 17.8. The average Bonchev–Trinajstić information content (AvgIpc) is 2.47. The average molecular weight is 341 g/mol. The minimum Gasteiger partial charge on any atom is -0.495 e. The van der Waals surface area contributed by atoms with Crippen molar-refractivity contribution in [3.63, 3.8) is 0 Å². The number of halogens is 1. The molecule has 1 aromatic rings. The molecular weight excluding hydrogens is 316 g/mol. The van der Waals surface area contributed by atoms with E-state index in [1.54, 1.807) is 18.2 Å². The molecule has 23 heavy (non-hydrogen) atoms. The Hall–Kier alpha value is -1.75. The smallest absolute Gasteiger partial charge is 0.428 e. The first kappa shape index (κ1) is 19.3. The van der Waals surface area contributed by atoms with Gasteiger partial charge in [0.1, 0.15) is 5.75 Å². The fraction of sp³-hybridized carbons (Fsp3) is 0.529. The lowest BCUT2D eigenvalue weighted by molar-refractivity contribution is 0.0134. The zero-order valence-corrected chi connectivity index (χ0v) is 15.3. The summed E-state index contributed by atoms with van der Waals surface area (Å²) in [6.07, 6.45) is 1.07. The number of carbonyl (C=O) groups is 1. The maximum Gasteiger partial charge on any atom is 0.428 e. The Bertz CT molecular complexity index is 596. The second kappa shape index (κ2) is 7.21. The van der Waals surface area contributed by atoms with Crippen molar-refractivity contribution in [1.29, 1.82) is 0 Å². The quantitative estimate of drug-likeness (QED) is 0.614. The van der Waals surface area contributed by atoms with Crippen LogP contribution >= 0.6 is 11.6 Å². The molecule has 128 valence electrons. The lowest BCUT2D eigenvalue weighted by atomic mass is 9.73. The van der Waals surface area contributed by atoms with Crippen LogP contribution in [0.3, 0.4) is 0 Å². The molecule has 0 radical (unpaired) electrons. The van der Waals surface area contributed by atoms with Gasteiger partial charge < -0.3 is 9.84 Å². The molecule has 0 aliphatic carbocycles. The van der Waals surface area contributed by atoms with E-state index in [0.717, 1.165) is 5.01 Å². The van der Waals surface area contributed by atoms with E-state index in [2.05, 4.69) is 5.10 Å². The Morgan fingerprint density at radius 3 is 2.43 bits per heavy atom. The van der Waals surface area contributed by atoms with Gasteiger partial charge in [-0.05, 0) is 36.5 Å². The number of hydrogen-bond acceptors (Lipinski definition) is 3. The monoisotopic (exact) mass is 340 g/mol. The van der Waals surface area contributed by atoms with Gasteiger partial charge in [0.05, 0.1) is 23.9 Å². The van der Waals surface area contributed by atoms with Crippen molar-refractivity contribution in [2.75, 3.05) is 7.11 Å². The molecule has 0 saturated carbocycles. The maximum absolute atomic E-state index is 11.7. The first-order valence-corrected chi connectivity index (χ1v) is 7.85. The van der Waals surface area contributed by atoms with Gasteiger partial charge in [-0.2, -0.15) is 10.1 Å². The van der Waals surface area contributed by atoms with Crippen LogP contribution < -0.4 is 4.74 Å². The Balaban J connectivity index is 3.21. The van der Waals surface area contributed by atoms with E-state index in [0.29, 0.717) is 22.8 Å². The number of nitrogens with zero attached hydrogens (tertiary/aromatic N) is 2. The van der Waals surface area contributed by atoms with Gasteiger partial charge in [-0.25, -0.2) is 4.79 Å². The molecule has 0 spiro atoms. The molecule has 1 atom stereocenters. The van der Waals surface area contributed by atoms with Gasteiger partial charge in [0.15, 0.2) is 0 Å². The molecular formula is C17H25ClN2O3. The molecule has 6 heteroatoms. The van der Waals surface area contributed by atoms with E-state index < -0.39 is 11.6 Å². The molecule has 0 heterocycles. The van der Waals surface area contributed by atoms with Crippen molar-refractivity contribution in [3.8, 4) is 5.75 Å². The summed E-state index contributed by atoms with van der Waals surface area (Å²) in [5, 5.41) is 15.4. The van der Waals surface area contributed by atoms with E-state index in [9.17, 15) is 9.90 Å². The molecule has 1 rings (SSSR count). The van der Waals surface area contributed by atoms with Gasteiger partial charge in [-0.3, -0.25) is 0 Å². The Labute approximate surface area is 142 Å².